The van der Waals surface area contributed by atoms with Crippen LogP contribution in [0.4, 0.5) is 0 Å². The van der Waals surface area contributed by atoms with Gasteiger partial charge in [-0.1, -0.05) is 12.1 Å². The first-order chi connectivity index (χ1) is 13.3. The molecular weight excluding hydrogens is 358 g/mol. The minimum absolute atomic E-state index is 0.0446. The summed E-state index contributed by atoms with van der Waals surface area (Å²) in [5, 5.41) is 3.14. The van der Waals surface area contributed by atoms with Gasteiger partial charge in [0.25, 0.3) is 0 Å². The largest absolute Gasteiger partial charge is 0.496 e. The molecule has 1 N–H and O–H groups in total. The fraction of sp³-hybridized carbons (Fsp3) is 0.591. The summed E-state index contributed by atoms with van der Waals surface area (Å²) in [6.45, 7) is 1.25. The molecule has 6 heteroatoms. The number of hydrogen-bond donors (Lipinski definition) is 1. The maximum absolute atomic E-state index is 13.1. The van der Waals surface area contributed by atoms with Gasteiger partial charge in [-0.25, -0.2) is 0 Å². The summed E-state index contributed by atoms with van der Waals surface area (Å²) in [5.74, 6) is 0.739. The van der Waals surface area contributed by atoms with E-state index in [9.17, 15) is 14.4 Å². The van der Waals surface area contributed by atoms with Gasteiger partial charge < -0.3 is 14.8 Å². The van der Waals surface area contributed by atoms with Crippen molar-refractivity contribution in [2.75, 3.05) is 13.7 Å². The first-order valence-corrected chi connectivity index (χ1v) is 9.97. The zero-order valence-electron chi connectivity index (χ0n) is 16.5. The number of para-hydroxylation sites is 1. The molecule has 4 saturated carbocycles. The highest BCUT2D eigenvalue weighted by atomic mass is 16.5. The van der Waals surface area contributed by atoms with Crippen LogP contribution < -0.4 is 10.1 Å². The van der Waals surface area contributed by atoms with Gasteiger partial charge in [-0.05, 0) is 62.5 Å². The van der Waals surface area contributed by atoms with E-state index < -0.39 is 5.41 Å². The molecule has 4 bridgehead atoms. The zero-order chi connectivity index (χ0) is 19.9. The Morgan fingerprint density at radius 1 is 1.11 bits per heavy atom. The second-order valence-corrected chi connectivity index (χ2v) is 8.90. The quantitative estimate of drug-likeness (QED) is 0.601. The maximum atomic E-state index is 13.1. The summed E-state index contributed by atoms with van der Waals surface area (Å²) in [6, 6.07) is 6.93. The highest BCUT2D eigenvalue weighted by molar-refractivity contribution is 6.00. The Balaban J connectivity index is 1.47. The molecule has 150 valence electrons. The van der Waals surface area contributed by atoms with Crippen LogP contribution in [0.1, 0.15) is 55.8 Å². The third kappa shape index (κ3) is 3.29. The van der Waals surface area contributed by atoms with Crippen LogP contribution in [0.2, 0.25) is 0 Å². The van der Waals surface area contributed by atoms with Gasteiger partial charge in [-0.2, -0.15) is 0 Å². The van der Waals surface area contributed by atoms with Gasteiger partial charge in [-0.15, -0.1) is 0 Å². The number of hydrogen-bond acceptors (Lipinski definition) is 5. The molecule has 0 aliphatic heterocycles. The van der Waals surface area contributed by atoms with Crippen molar-refractivity contribution in [3.05, 3.63) is 29.8 Å². The van der Waals surface area contributed by atoms with E-state index in [0.717, 1.165) is 32.1 Å². The number of Topliss-reactive ketones (excluding diaryl/α,β-unsaturated/α-hetero) is 1. The lowest BCUT2D eigenvalue weighted by molar-refractivity contribution is -0.174. The van der Waals surface area contributed by atoms with Gasteiger partial charge in [0.05, 0.1) is 18.1 Å². The highest BCUT2D eigenvalue weighted by Gasteiger charge is 2.61. The zero-order valence-corrected chi connectivity index (χ0v) is 16.5. The number of ketones is 1. The van der Waals surface area contributed by atoms with E-state index in [2.05, 4.69) is 5.32 Å². The van der Waals surface area contributed by atoms with Gasteiger partial charge >= 0.3 is 5.97 Å². The normalized spacial score (nSPS) is 32.6. The molecule has 28 heavy (non-hydrogen) atoms. The molecule has 0 saturated heterocycles. The van der Waals surface area contributed by atoms with E-state index in [-0.39, 0.29) is 29.8 Å². The second kappa shape index (κ2) is 6.90. The third-order valence-corrected chi connectivity index (χ3v) is 6.68. The van der Waals surface area contributed by atoms with Crippen molar-refractivity contribution in [2.24, 2.45) is 17.3 Å². The number of carbonyl (C=O) groups excluding carboxylic acids is 3. The molecule has 0 radical (unpaired) electrons. The summed E-state index contributed by atoms with van der Waals surface area (Å²) in [7, 11) is 1.51. The summed E-state index contributed by atoms with van der Waals surface area (Å²) in [4.78, 5) is 37.4. The number of carbonyl (C=O) groups is 3. The van der Waals surface area contributed by atoms with E-state index >= 15 is 0 Å². The Morgan fingerprint density at radius 2 is 1.79 bits per heavy atom. The molecule has 2 atom stereocenters. The Kier molecular flexibility index (Phi) is 4.68. The van der Waals surface area contributed by atoms with Gasteiger partial charge in [0.15, 0.2) is 6.61 Å². The van der Waals surface area contributed by atoms with Gasteiger partial charge in [0.2, 0.25) is 11.7 Å². The summed E-state index contributed by atoms with van der Waals surface area (Å²) >= 11 is 0. The van der Waals surface area contributed by atoms with Crippen LogP contribution in [0.25, 0.3) is 0 Å². The lowest BCUT2D eigenvalue weighted by atomic mass is 9.47. The molecule has 6 nitrogen and oxygen atoms in total. The Hall–Kier alpha value is -2.37. The van der Waals surface area contributed by atoms with Crippen molar-refractivity contribution in [1.29, 1.82) is 0 Å². The molecule has 1 amide bonds. The molecule has 4 aliphatic rings. The Morgan fingerprint density at radius 3 is 2.43 bits per heavy atom. The second-order valence-electron chi connectivity index (χ2n) is 8.90. The standard InChI is InChI=1S/C22H27NO5/c1-14(24)23-22-10-15-7-16(11-22)9-21(8-15,13-22)20(26)28-12-18(25)17-5-3-4-6-19(17)27-2/h3-6,15-16H,7-13H2,1-2H3,(H,23,24)/t15-,16-,21?,22?/m1/s1. The minimum Gasteiger partial charge on any atom is -0.496 e. The number of rotatable bonds is 6. The van der Waals surface area contributed by atoms with Crippen LogP contribution in [0.3, 0.4) is 0 Å². The number of nitrogens with one attached hydrogen (secondary N) is 1. The fourth-order valence-electron chi connectivity index (χ4n) is 6.26. The molecule has 5 rings (SSSR count). The molecule has 4 aliphatic carbocycles. The summed E-state index contributed by atoms with van der Waals surface area (Å²) in [5.41, 5.74) is -0.451. The average Bonchev–Trinajstić information content (AvgIpc) is 2.63. The van der Waals surface area contributed by atoms with Crippen molar-refractivity contribution >= 4 is 17.7 Å². The number of ether oxygens (including phenoxy) is 2. The topological polar surface area (TPSA) is 81.7 Å². The molecule has 0 aromatic heterocycles. The Labute approximate surface area is 165 Å². The molecule has 0 unspecified atom stereocenters. The van der Waals surface area contributed by atoms with Crippen molar-refractivity contribution in [1.82, 2.24) is 5.32 Å². The van der Waals surface area contributed by atoms with E-state index in [1.54, 1.807) is 24.3 Å². The summed E-state index contributed by atoms with van der Waals surface area (Å²) < 4.78 is 10.8. The maximum Gasteiger partial charge on any atom is 0.312 e. The van der Waals surface area contributed by atoms with E-state index in [0.29, 0.717) is 29.6 Å². The number of benzene rings is 1. The molecule has 0 spiro atoms. The van der Waals surface area contributed by atoms with Crippen LogP contribution >= 0.6 is 0 Å². The smallest absolute Gasteiger partial charge is 0.312 e. The fourth-order valence-corrected chi connectivity index (χ4v) is 6.26. The number of amides is 1. The SMILES string of the molecule is COc1ccccc1C(=O)COC(=O)C12C[C@H]3C[C@@H](CC(NC(C)=O)(C3)C1)C2. The molecule has 4 fully saturated rings. The van der Waals surface area contributed by atoms with Gasteiger partial charge in [0.1, 0.15) is 5.75 Å². The monoisotopic (exact) mass is 385 g/mol. The lowest BCUT2D eigenvalue weighted by Crippen LogP contribution is -2.64. The molecule has 0 heterocycles. The number of methoxy groups -OCH3 is 1. The predicted octanol–water partition coefficient (Wildman–Crippen LogP) is 2.90. The summed E-state index contributed by atoms with van der Waals surface area (Å²) in [6.07, 6.45) is 5.22. The van der Waals surface area contributed by atoms with Crippen molar-refractivity contribution in [3.8, 4) is 5.75 Å². The predicted molar refractivity (Wildman–Crippen MR) is 102 cm³/mol. The highest BCUT2D eigenvalue weighted by Crippen LogP contribution is 2.62. The van der Waals surface area contributed by atoms with E-state index in [1.165, 1.54) is 14.0 Å². The van der Waals surface area contributed by atoms with Crippen molar-refractivity contribution < 1.29 is 23.9 Å². The molecular formula is C22H27NO5. The van der Waals surface area contributed by atoms with Crippen LogP contribution in [-0.4, -0.2) is 36.9 Å². The van der Waals surface area contributed by atoms with Crippen LogP contribution in [0.15, 0.2) is 24.3 Å². The lowest BCUT2D eigenvalue weighted by Gasteiger charge is -2.60. The van der Waals surface area contributed by atoms with Crippen LogP contribution in [0.5, 0.6) is 5.75 Å². The van der Waals surface area contributed by atoms with Gasteiger partial charge in [-0.3, -0.25) is 14.4 Å². The molecule has 1 aromatic rings. The first-order valence-electron chi connectivity index (χ1n) is 9.97. The average molecular weight is 385 g/mol. The van der Waals surface area contributed by atoms with Crippen molar-refractivity contribution in [2.45, 2.75) is 51.0 Å². The van der Waals surface area contributed by atoms with Crippen molar-refractivity contribution in [3.63, 3.8) is 0 Å². The Bertz CT molecular complexity index is 803. The third-order valence-electron chi connectivity index (χ3n) is 6.68. The molecule has 1 aromatic carbocycles. The van der Waals surface area contributed by atoms with Crippen LogP contribution in [-0.2, 0) is 14.3 Å². The van der Waals surface area contributed by atoms with E-state index in [1.807, 2.05) is 0 Å². The van der Waals surface area contributed by atoms with Gasteiger partial charge in [0, 0.05) is 12.5 Å². The first kappa shape index (κ1) is 19.0. The number of esters is 1. The van der Waals surface area contributed by atoms with E-state index in [4.69, 9.17) is 9.47 Å². The van der Waals surface area contributed by atoms with Crippen LogP contribution in [0, 0.1) is 17.3 Å². The minimum atomic E-state index is -0.576.